The number of anilines is 1. The number of hydrogen-bond donors (Lipinski definition) is 1. The molecule has 6 rings (SSSR count). The predicted molar refractivity (Wildman–Crippen MR) is 157 cm³/mol. The summed E-state index contributed by atoms with van der Waals surface area (Å²) in [5, 5.41) is 7.80. The number of nitrogens with zero attached hydrogens (tertiary/aromatic N) is 3. The number of aromatic nitrogens is 2. The SMILES string of the molecule is Cc1ccc(-n2nc(C(C)(C)C)c3c2N(CC(=O)NCc2ccco2)C(=O)CSC3c2ccc3c(c2)OCO3)cc1. The van der Waals surface area contributed by atoms with E-state index < -0.39 is 0 Å². The highest BCUT2D eigenvalue weighted by Gasteiger charge is 2.40. The summed E-state index contributed by atoms with van der Waals surface area (Å²) in [4.78, 5) is 28.6. The molecule has 2 aromatic heterocycles. The van der Waals surface area contributed by atoms with Gasteiger partial charge in [-0.05, 0) is 48.9 Å². The number of furan rings is 1. The van der Waals surface area contributed by atoms with Crippen LogP contribution in [0, 0.1) is 6.92 Å². The maximum absolute atomic E-state index is 13.8. The van der Waals surface area contributed by atoms with Crippen molar-refractivity contribution in [3.63, 3.8) is 0 Å². The molecular formula is C31H32N4O5S. The molecule has 0 aliphatic carbocycles. The van der Waals surface area contributed by atoms with Gasteiger partial charge in [-0.2, -0.15) is 5.10 Å². The number of carbonyl (C=O) groups excluding carboxylic acids is 2. The maximum atomic E-state index is 13.8. The number of fused-ring (bicyclic) bond motifs is 2. The second-order valence-corrected chi connectivity index (χ2v) is 12.3. The van der Waals surface area contributed by atoms with Gasteiger partial charge in [-0.3, -0.25) is 14.5 Å². The van der Waals surface area contributed by atoms with Gasteiger partial charge in [-0.25, -0.2) is 4.68 Å². The Morgan fingerprint density at radius 1 is 1.10 bits per heavy atom. The first-order chi connectivity index (χ1) is 19.7. The highest BCUT2D eigenvalue weighted by molar-refractivity contribution is 8.00. The lowest BCUT2D eigenvalue weighted by Crippen LogP contribution is -2.42. The maximum Gasteiger partial charge on any atom is 0.240 e. The fourth-order valence-corrected chi connectivity index (χ4v) is 6.26. The zero-order chi connectivity index (χ0) is 28.7. The summed E-state index contributed by atoms with van der Waals surface area (Å²) in [5.74, 6) is 2.35. The molecule has 1 atom stereocenters. The van der Waals surface area contributed by atoms with Crippen molar-refractivity contribution in [2.24, 2.45) is 0 Å². The minimum atomic E-state index is -0.351. The van der Waals surface area contributed by atoms with Crippen LogP contribution in [0.2, 0.25) is 0 Å². The van der Waals surface area contributed by atoms with Crippen LogP contribution in [-0.4, -0.2) is 40.7 Å². The molecule has 2 aromatic carbocycles. The zero-order valence-electron chi connectivity index (χ0n) is 23.5. The van der Waals surface area contributed by atoms with E-state index in [0.717, 1.165) is 28.1 Å². The van der Waals surface area contributed by atoms with Crippen molar-refractivity contribution >= 4 is 29.4 Å². The van der Waals surface area contributed by atoms with Gasteiger partial charge in [0, 0.05) is 11.0 Å². The lowest BCUT2D eigenvalue weighted by atomic mass is 9.87. The van der Waals surface area contributed by atoms with Crippen LogP contribution < -0.4 is 19.7 Å². The number of rotatable bonds is 6. The van der Waals surface area contributed by atoms with Gasteiger partial charge in [0.2, 0.25) is 18.6 Å². The van der Waals surface area contributed by atoms with Crippen molar-refractivity contribution in [2.75, 3.05) is 24.0 Å². The Labute approximate surface area is 242 Å². The van der Waals surface area contributed by atoms with E-state index in [4.69, 9.17) is 19.0 Å². The van der Waals surface area contributed by atoms with Crippen molar-refractivity contribution in [3.05, 3.63) is 89.0 Å². The Morgan fingerprint density at radius 3 is 2.61 bits per heavy atom. The number of amides is 2. The van der Waals surface area contributed by atoms with Crippen LogP contribution in [-0.2, 0) is 21.5 Å². The molecule has 4 aromatic rings. The van der Waals surface area contributed by atoms with Crippen LogP contribution in [0.15, 0.2) is 65.3 Å². The largest absolute Gasteiger partial charge is 0.467 e. The molecule has 0 saturated carbocycles. The molecule has 1 unspecified atom stereocenters. The minimum Gasteiger partial charge on any atom is -0.467 e. The molecule has 212 valence electrons. The lowest BCUT2D eigenvalue weighted by molar-refractivity contribution is -0.123. The molecule has 41 heavy (non-hydrogen) atoms. The molecule has 2 amide bonds. The van der Waals surface area contributed by atoms with E-state index in [1.54, 1.807) is 23.3 Å². The van der Waals surface area contributed by atoms with Crippen LogP contribution in [0.5, 0.6) is 11.5 Å². The number of aryl methyl sites for hydroxylation is 1. The topological polar surface area (TPSA) is 98.8 Å². The highest BCUT2D eigenvalue weighted by Crippen LogP contribution is 2.49. The summed E-state index contributed by atoms with van der Waals surface area (Å²) in [5.41, 5.74) is 4.32. The first-order valence-corrected chi connectivity index (χ1v) is 14.5. The average molecular weight is 573 g/mol. The molecule has 2 aliphatic rings. The van der Waals surface area contributed by atoms with E-state index >= 15 is 0 Å². The van der Waals surface area contributed by atoms with Gasteiger partial charge in [-0.15, -0.1) is 11.8 Å². The van der Waals surface area contributed by atoms with Crippen molar-refractivity contribution in [1.29, 1.82) is 0 Å². The van der Waals surface area contributed by atoms with E-state index in [2.05, 4.69) is 26.1 Å². The number of benzene rings is 2. The predicted octanol–water partition coefficient (Wildman–Crippen LogP) is 5.29. The Hall–Kier alpha value is -4.18. The number of carbonyl (C=O) groups is 2. The second-order valence-electron chi connectivity index (χ2n) is 11.2. The summed E-state index contributed by atoms with van der Waals surface area (Å²) in [7, 11) is 0. The van der Waals surface area contributed by atoms with Gasteiger partial charge in [0.05, 0.1) is 35.2 Å². The summed E-state index contributed by atoms with van der Waals surface area (Å²) in [6, 6.07) is 17.5. The van der Waals surface area contributed by atoms with Crippen molar-refractivity contribution in [2.45, 2.75) is 44.9 Å². The van der Waals surface area contributed by atoms with Crippen molar-refractivity contribution < 1.29 is 23.5 Å². The molecule has 1 N–H and O–H groups in total. The third kappa shape index (κ3) is 5.31. The molecule has 9 nitrogen and oxygen atoms in total. The normalized spacial score (nSPS) is 16.4. The summed E-state index contributed by atoms with van der Waals surface area (Å²) < 4.78 is 18.4. The molecule has 0 fully saturated rings. The molecule has 4 heterocycles. The lowest BCUT2D eigenvalue weighted by Gasteiger charge is -2.24. The first kappa shape index (κ1) is 27.0. The first-order valence-electron chi connectivity index (χ1n) is 13.5. The number of thioether (sulfide) groups is 1. The zero-order valence-corrected chi connectivity index (χ0v) is 24.3. The van der Waals surface area contributed by atoms with E-state index in [9.17, 15) is 9.59 Å². The molecular weight excluding hydrogens is 540 g/mol. The quantitative estimate of drug-likeness (QED) is 0.335. The molecule has 0 bridgehead atoms. The summed E-state index contributed by atoms with van der Waals surface area (Å²) in [6.45, 7) is 8.64. The van der Waals surface area contributed by atoms with Crippen LogP contribution in [0.25, 0.3) is 5.69 Å². The Kier molecular flexibility index (Phi) is 7.03. The van der Waals surface area contributed by atoms with Gasteiger partial charge in [0.25, 0.3) is 0 Å². The van der Waals surface area contributed by atoms with E-state index in [-0.39, 0.29) is 48.1 Å². The standard InChI is InChI=1S/C31H32N4O5S/c1-19-7-10-21(11-8-19)35-30-27(29(33-35)31(2,3)4)28(20-9-12-23-24(14-20)40-18-39-23)41-17-26(37)34(30)16-25(36)32-15-22-6-5-13-38-22/h5-14,28H,15-18H2,1-4H3,(H,32,36). The average Bonchev–Trinajstić information content (AvgIpc) is 3.69. The van der Waals surface area contributed by atoms with Crippen molar-refractivity contribution in [1.82, 2.24) is 15.1 Å². The molecule has 10 heteroatoms. The number of ether oxygens (including phenoxy) is 2. The molecule has 0 radical (unpaired) electrons. The Bertz CT molecular complexity index is 1590. The van der Waals surface area contributed by atoms with E-state index in [1.807, 2.05) is 54.1 Å². The van der Waals surface area contributed by atoms with Gasteiger partial charge in [0.1, 0.15) is 18.1 Å². The third-order valence-corrected chi connectivity index (χ3v) is 8.37. The summed E-state index contributed by atoms with van der Waals surface area (Å²) in [6.07, 6.45) is 1.56. The van der Waals surface area contributed by atoms with Crippen molar-refractivity contribution in [3.8, 4) is 17.2 Å². The Balaban J connectivity index is 1.50. The second kappa shape index (κ2) is 10.7. The van der Waals surface area contributed by atoms with E-state index in [1.165, 1.54) is 11.8 Å². The molecule has 0 saturated heterocycles. The number of nitrogens with one attached hydrogen (secondary N) is 1. The van der Waals surface area contributed by atoms with Gasteiger partial charge >= 0.3 is 0 Å². The minimum absolute atomic E-state index is 0.151. The molecule has 0 spiro atoms. The van der Waals surface area contributed by atoms with Gasteiger partial charge in [0.15, 0.2) is 11.5 Å². The van der Waals surface area contributed by atoms with E-state index in [0.29, 0.717) is 23.1 Å². The van der Waals surface area contributed by atoms with Gasteiger partial charge in [-0.1, -0.05) is 44.5 Å². The summed E-state index contributed by atoms with van der Waals surface area (Å²) >= 11 is 1.53. The third-order valence-electron chi connectivity index (χ3n) is 7.12. The Morgan fingerprint density at radius 2 is 1.88 bits per heavy atom. The van der Waals surface area contributed by atoms with Crippen LogP contribution in [0.4, 0.5) is 5.82 Å². The van der Waals surface area contributed by atoms with Crippen LogP contribution in [0.1, 0.15) is 54.2 Å². The monoisotopic (exact) mass is 572 g/mol. The fraction of sp³-hybridized carbons (Fsp3) is 0.323. The van der Waals surface area contributed by atoms with Crippen LogP contribution in [0.3, 0.4) is 0 Å². The fourth-order valence-electron chi connectivity index (χ4n) is 5.08. The molecule has 2 aliphatic heterocycles. The number of hydrogen-bond acceptors (Lipinski definition) is 7. The smallest absolute Gasteiger partial charge is 0.240 e. The highest BCUT2D eigenvalue weighted by atomic mass is 32.2. The van der Waals surface area contributed by atoms with Crippen LogP contribution >= 0.6 is 11.8 Å². The van der Waals surface area contributed by atoms with Gasteiger partial charge < -0.3 is 19.2 Å².